The third-order valence-corrected chi connectivity index (χ3v) is 4.46. The molecule has 0 saturated carbocycles. The van der Waals surface area contributed by atoms with E-state index in [9.17, 15) is 19.8 Å². The monoisotopic (exact) mass is 353 g/mol. The minimum Gasteiger partial charge on any atom is -0.465 e. The summed E-state index contributed by atoms with van der Waals surface area (Å²) < 4.78 is 5.17. The average molecular weight is 353 g/mol. The Morgan fingerprint density at radius 2 is 1.68 bits per heavy atom. The summed E-state index contributed by atoms with van der Waals surface area (Å²) in [5.74, 6) is -0.430. The van der Waals surface area contributed by atoms with Gasteiger partial charge in [-0.15, -0.1) is 0 Å². The first-order valence-corrected chi connectivity index (χ1v) is 9.04. The van der Waals surface area contributed by atoms with Gasteiger partial charge in [-0.3, -0.25) is 14.5 Å². The van der Waals surface area contributed by atoms with Gasteiger partial charge in [-0.05, 0) is 45.8 Å². The van der Waals surface area contributed by atoms with Crippen molar-refractivity contribution < 1.29 is 24.5 Å². The summed E-state index contributed by atoms with van der Waals surface area (Å²) in [6, 6.07) is 0. The van der Waals surface area contributed by atoms with Gasteiger partial charge in [0.25, 0.3) is 0 Å². The van der Waals surface area contributed by atoms with E-state index in [-0.39, 0.29) is 11.8 Å². The van der Waals surface area contributed by atoms with Crippen molar-refractivity contribution in [2.45, 2.75) is 65.3 Å². The van der Waals surface area contributed by atoms with Crippen molar-refractivity contribution in [1.29, 1.82) is 0 Å². The Hall–Kier alpha value is -1.50. The lowest BCUT2D eigenvalue weighted by Gasteiger charge is -2.28. The number of nitrogens with zero attached hydrogens (tertiary/aromatic N) is 1. The molecule has 1 aliphatic carbocycles. The third kappa shape index (κ3) is 6.72. The highest BCUT2D eigenvalue weighted by atomic mass is 16.5. The maximum atomic E-state index is 12.3. The molecule has 1 aliphatic rings. The van der Waals surface area contributed by atoms with Gasteiger partial charge in [-0.25, -0.2) is 0 Å². The zero-order valence-electron chi connectivity index (χ0n) is 15.5. The highest BCUT2D eigenvalue weighted by Gasteiger charge is 2.36. The van der Waals surface area contributed by atoms with E-state index >= 15 is 0 Å². The van der Waals surface area contributed by atoms with Crippen LogP contribution in [0.25, 0.3) is 0 Å². The molecule has 0 radical (unpaired) electrons. The van der Waals surface area contributed by atoms with E-state index in [0.717, 1.165) is 25.7 Å². The van der Waals surface area contributed by atoms with E-state index in [1.807, 2.05) is 0 Å². The van der Waals surface area contributed by atoms with Crippen LogP contribution in [0.3, 0.4) is 0 Å². The quantitative estimate of drug-likeness (QED) is 0.336. The summed E-state index contributed by atoms with van der Waals surface area (Å²) in [5, 5.41) is 19.2. The van der Waals surface area contributed by atoms with Gasteiger partial charge in [0.1, 0.15) is 17.9 Å². The van der Waals surface area contributed by atoms with Gasteiger partial charge in [0.05, 0.1) is 6.61 Å². The smallest absolute Gasteiger partial charge is 0.319 e. The van der Waals surface area contributed by atoms with Crippen LogP contribution in [0.4, 0.5) is 0 Å². The maximum Gasteiger partial charge on any atom is 0.319 e. The molecule has 6 heteroatoms. The van der Waals surface area contributed by atoms with Gasteiger partial charge < -0.3 is 14.9 Å². The van der Waals surface area contributed by atoms with E-state index in [1.165, 1.54) is 12.2 Å². The molecule has 0 spiro atoms. The van der Waals surface area contributed by atoms with E-state index in [1.54, 1.807) is 37.8 Å². The lowest BCUT2D eigenvalue weighted by molar-refractivity contribution is -0.150. The van der Waals surface area contributed by atoms with Gasteiger partial charge in [-0.1, -0.05) is 31.4 Å². The van der Waals surface area contributed by atoms with Crippen molar-refractivity contribution in [3.05, 3.63) is 24.3 Å². The Bertz CT molecular complexity index is 472. The van der Waals surface area contributed by atoms with Crippen LogP contribution in [0, 0.1) is 5.41 Å². The summed E-state index contributed by atoms with van der Waals surface area (Å²) in [6.07, 6.45) is 8.93. The first kappa shape index (κ1) is 21.5. The zero-order chi connectivity index (χ0) is 18.9. The number of hydrogen-bond acceptors (Lipinski definition) is 6. The molecular weight excluding hydrogens is 322 g/mol. The first-order chi connectivity index (χ1) is 11.8. The van der Waals surface area contributed by atoms with Crippen LogP contribution in [-0.2, 0) is 14.3 Å². The van der Waals surface area contributed by atoms with Gasteiger partial charge in [0.15, 0.2) is 5.78 Å². The first-order valence-electron chi connectivity index (χ1n) is 9.04. The Morgan fingerprint density at radius 1 is 1.12 bits per heavy atom. The summed E-state index contributed by atoms with van der Waals surface area (Å²) in [4.78, 5) is 25.3. The van der Waals surface area contributed by atoms with Crippen LogP contribution in [-0.4, -0.2) is 52.5 Å². The second kappa shape index (κ2) is 10.5. The summed E-state index contributed by atoms with van der Waals surface area (Å²) in [6.45, 7) is 5.97. The predicted molar refractivity (Wildman–Crippen MR) is 95.5 cm³/mol. The van der Waals surface area contributed by atoms with E-state index in [4.69, 9.17) is 4.74 Å². The van der Waals surface area contributed by atoms with Gasteiger partial charge >= 0.3 is 5.97 Å². The van der Waals surface area contributed by atoms with Crippen LogP contribution >= 0.6 is 0 Å². The largest absolute Gasteiger partial charge is 0.465 e. The SMILES string of the molecule is CCOC(=O)C1(CCCCCCN(C(C)O)C(C)O)C=CC(=O)C=C1. The predicted octanol–water partition coefficient (Wildman–Crippen LogP) is 2.16. The standard InChI is InChI=1S/C19H31NO5/c1-4-25-18(24)19(12-9-17(23)10-13-19)11-7-5-6-8-14-20(15(2)21)16(3)22/h9-10,12-13,15-16,21-22H,4-8,11,14H2,1-3H3. The lowest BCUT2D eigenvalue weighted by atomic mass is 9.79. The molecule has 0 aromatic rings. The number of allylic oxidation sites excluding steroid dienone is 2. The van der Waals surface area contributed by atoms with Crippen molar-refractivity contribution in [2.75, 3.05) is 13.2 Å². The topological polar surface area (TPSA) is 87.1 Å². The molecule has 0 saturated heterocycles. The fourth-order valence-electron chi connectivity index (χ4n) is 2.99. The number of aliphatic hydroxyl groups is 2. The zero-order valence-corrected chi connectivity index (χ0v) is 15.5. The molecule has 2 unspecified atom stereocenters. The number of hydrogen-bond donors (Lipinski definition) is 2. The van der Waals surface area contributed by atoms with Crippen molar-refractivity contribution in [3.63, 3.8) is 0 Å². The number of carbonyl (C=O) groups is 2. The van der Waals surface area contributed by atoms with Crippen molar-refractivity contribution in [2.24, 2.45) is 5.41 Å². The highest BCUT2D eigenvalue weighted by molar-refractivity contribution is 6.02. The summed E-state index contributed by atoms with van der Waals surface area (Å²) in [5.41, 5.74) is -0.838. The Balaban J connectivity index is 2.43. The van der Waals surface area contributed by atoms with Crippen molar-refractivity contribution in [3.8, 4) is 0 Å². The molecule has 2 atom stereocenters. The van der Waals surface area contributed by atoms with Gasteiger partial charge in [0, 0.05) is 6.54 Å². The fraction of sp³-hybridized carbons (Fsp3) is 0.684. The van der Waals surface area contributed by atoms with Gasteiger partial charge in [-0.2, -0.15) is 0 Å². The van der Waals surface area contributed by atoms with E-state index in [0.29, 0.717) is 19.6 Å². The normalized spacial score (nSPS) is 18.4. The molecule has 0 heterocycles. The molecule has 6 nitrogen and oxygen atoms in total. The van der Waals surface area contributed by atoms with Crippen molar-refractivity contribution in [1.82, 2.24) is 4.90 Å². The molecule has 0 aromatic heterocycles. The van der Waals surface area contributed by atoms with Gasteiger partial charge in [0.2, 0.25) is 0 Å². The second-order valence-corrected chi connectivity index (χ2v) is 6.50. The van der Waals surface area contributed by atoms with Crippen LogP contribution < -0.4 is 0 Å². The lowest BCUT2D eigenvalue weighted by Crippen LogP contribution is -2.40. The number of unbranched alkanes of at least 4 members (excludes halogenated alkanes) is 3. The number of esters is 1. The molecule has 0 amide bonds. The molecule has 2 N–H and O–H groups in total. The number of ketones is 1. The Kier molecular flexibility index (Phi) is 9.03. The Morgan fingerprint density at radius 3 is 2.20 bits per heavy atom. The van der Waals surface area contributed by atoms with E-state index in [2.05, 4.69) is 0 Å². The number of aliphatic hydroxyl groups excluding tert-OH is 2. The van der Waals surface area contributed by atoms with Crippen LogP contribution in [0.2, 0.25) is 0 Å². The molecule has 142 valence electrons. The van der Waals surface area contributed by atoms with Crippen LogP contribution in [0.1, 0.15) is 52.9 Å². The maximum absolute atomic E-state index is 12.3. The highest BCUT2D eigenvalue weighted by Crippen LogP contribution is 2.33. The Labute approximate surface area is 150 Å². The average Bonchev–Trinajstić information content (AvgIpc) is 2.55. The van der Waals surface area contributed by atoms with Crippen molar-refractivity contribution >= 4 is 11.8 Å². The summed E-state index contributed by atoms with van der Waals surface area (Å²) >= 11 is 0. The second-order valence-electron chi connectivity index (χ2n) is 6.50. The van der Waals surface area contributed by atoms with Crippen LogP contribution in [0.15, 0.2) is 24.3 Å². The summed E-state index contributed by atoms with van der Waals surface area (Å²) in [7, 11) is 0. The van der Waals surface area contributed by atoms with Crippen LogP contribution in [0.5, 0.6) is 0 Å². The molecule has 0 bridgehead atoms. The molecule has 25 heavy (non-hydrogen) atoms. The third-order valence-electron chi connectivity index (χ3n) is 4.46. The molecule has 0 aliphatic heterocycles. The minimum atomic E-state index is -0.838. The fourth-order valence-corrected chi connectivity index (χ4v) is 2.99. The number of ether oxygens (including phenoxy) is 1. The molecular formula is C19H31NO5. The molecule has 1 rings (SSSR count). The minimum absolute atomic E-state index is 0.115. The molecule has 0 fully saturated rings. The van der Waals surface area contributed by atoms with E-state index < -0.39 is 17.9 Å². The molecule has 0 aromatic carbocycles. The number of rotatable bonds is 11. The number of carbonyl (C=O) groups excluding carboxylic acids is 2.